The molecule has 0 saturated carbocycles. The second kappa shape index (κ2) is 11.4. The third-order valence-electron chi connectivity index (χ3n) is 4.96. The Balaban J connectivity index is 2.48. The lowest BCUT2D eigenvalue weighted by Crippen LogP contribution is -2.55. The van der Waals surface area contributed by atoms with Crippen LogP contribution >= 0.6 is 23.2 Å². The van der Waals surface area contributed by atoms with E-state index in [2.05, 4.69) is 5.32 Å². The number of hydrogen-bond donors (Lipinski definition) is 1. The molecule has 0 unspecified atom stereocenters. The average molecular weight is 529 g/mol. The Bertz CT molecular complexity index is 1120. The van der Waals surface area contributed by atoms with Crippen molar-refractivity contribution in [1.29, 1.82) is 0 Å². The molecule has 10 heteroatoms. The quantitative estimate of drug-likeness (QED) is 0.520. The minimum Gasteiger partial charge on any atom is -0.350 e. The molecule has 34 heavy (non-hydrogen) atoms. The first-order valence-electron chi connectivity index (χ1n) is 10.8. The molecule has 0 saturated heterocycles. The number of halogens is 2. The number of carbonyl (C=O) groups is 2. The van der Waals surface area contributed by atoms with E-state index < -0.39 is 34.1 Å². The van der Waals surface area contributed by atoms with E-state index in [1.807, 2.05) is 51.1 Å². The van der Waals surface area contributed by atoms with Crippen LogP contribution < -0.4 is 9.62 Å². The number of hydrogen-bond acceptors (Lipinski definition) is 4. The van der Waals surface area contributed by atoms with Crippen LogP contribution in [0.3, 0.4) is 0 Å². The fourth-order valence-corrected chi connectivity index (χ4v) is 4.73. The van der Waals surface area contributed by atoms with Gasteiger partial charge in [0, 0.05) is 12.1 Å². The molecular formula is C24H31Cl2N3O4S. The Morgan fingerprint density at radius 2 is 1.65 bits per heavy atom. The maximum absolute atomic E-state index is 13.6. The van der Waals surface area contributed by atoms with E-state index >= 15 is 0 Å². The molecule has 186 valence electrons. The Kier molecular flexibility index (Phi) is 9.39. The molecule has 2 aromatic rings. The lowest BCUT2D eigenvalue weighted by molar-refractivity contribution is -0.141. The number of sulfonamides is 1. The molecule has 0 fully saturated rings. The van der Waals surface area contributed by atoms with Crippen LogP contribution in [0.2, 0.25) is 10.0 Å². The zero-order chi connectivity index (χ0) is 25.7. The zero-order valence-corrected chi connectivity index (χ0v) is 22.3. The first-order valence-corrected chi connectivity index (χ1v) is 13.4. The molecular weight excluding hydrogens is 497 g/mol. The summed E-state index contributed by atoms with van der Waals surface area (Å²) < 4.78 is 26.2. The minimum atomic E-state index is -3.90. The Labute approximate surface area is 212 Å². The van der Waals surface area contributed by atoms with Crippen LogP contribution in [0, 0.1) is 0 Å². The molecule has 0 aromatic heterocycles. The summed E-state index contributed by atoms with van der Waals surface area (Å²) in [4.78, 5) is 28.1. The summed E-state index contributed by atoms with van der Waals surface area (Å²) in [7, 11) is -3.90. The van der Waals surface area contributed by atoms with E-state index in [1.54, 1.807) is 13.0 Å². The van der Waals surface area contributed by atoms with Crippen LogP contribution in [-0.4, -0.2) is 49.5 Å². The van der Waals surface area contributed by atoms with Gasteiger partial charge in [-0.1, -0.05) is 66.5 Å². The molecule has 2 amide bonds. The second-order valence-corrected chi connectivity index (χ2v) is 11.7. The van der Waals surface area contributed by atoms with Crippen molar-refractivity contribution in [2.45, 2.75) is 52.2 Å². The number of anilines is 1. The van der Waals surface area contributed by atoms with Crippen molar-refractivity contribution in [3.63, 3.8) is 0 Å². The number of carbonyl (C=O) groups excluding carboxylic acids is 2. The summed E-state index contributed by atoms with van der Waals surface area (Å²) in [5, 5.41) is 3.11. The Hall–Kier alpha value is -2.29. The molecule has 7 nitrogen and oxygen atoms in total. The highest BCUT2D eigenvalue weighted by atomic mass is 35.5. The summed E-state index contributed by atoms with van der Waals surface area (Å²) in [6.07, 6.45) is 1.33. The molecule has 0 aliphatic rings. The van der Waals surface area contributed by atoms with Gasteiger partial charge in [-0.3, -0.25) is 13.9 Å². The van der Waals surface area contributed by atoms with Crippen molar-refractivity contribution in [3.05, 3.63) is 64.1 Å². The fraction of sp³-hybridized carbons (Fsp3) is 0.417. The maximum atomic E-state index is 13.6. The van der Waals surface area contributed by atoms with E-state index in [-0.39, 0.29) is 28.2 Å². The summed E-state index contributed by atoms with van der Waals surface area (Å²) in [6.45, 7) is 6.97. The van der Waals surface area contributed by atoms with E-state index in [4.69, 9.17) is 23.2 Å². The molecule has 0 aliphatic carbocycles. The molecule has 2 aromatic carbocycles. The van der Waals surface area contributed by atoms with E-state index in [0.717, 1.165) is 16.1 Å². The smallest absolute Gasteiger partial charge is 0.244 e. The van der Waals surface area contributed by atoms with Crippen molar-refractivity contribution in [2.24, 2.45) is 0 Å². The second-order valence-electron chi connectivity index (χ2n) is 9.01. The number of benzene rings is 2. The van der Waals surface area contributed by atoms with Crippen LogP contribution in [0.5, 0.6) is 0 Å². The van der Waals surface area contributed by atoms with Crippen LogP contribution in [0.4, 0.5) is 5.69 Å². The first-order chi connectivity index (χ1) is 15.7. The fourth-order valence-electron chi connectivity index (χ4n) is 3.43. The number of amides is 2. The number of rotatable bonds is 9. The molecule has 2 rings (SSSR count). The highest BCUT2D eigenvalue weighted by Gasteiger charge is 2.33. The van der Waals surface area contributed by atoms with Gasteiger partial charge in [-0.25, -0.2) is 8.42 Å². The molecule has 0 aliphatic heterocycles. The predicted octanol–water partition coefficient (Wildman–Crippen LogP) is 4.48. The SMILES string of the molecule is CC[C@@H](C(=O)NC(C)(C)C)N(Cc1ccccc1)C(=O)CN(c1cccc(Cl)c1Cl)S(C)(=O)=O. The van der Waals surface area contributed by atoms with Gasteiger partial charge < -0.3 is 10.2 Å². The van der Waals surface area contributed by atoms with Crippen molar-refractivity contribution >= 4 is 50.7 Å². The van der Waals surface area contributed by atoms with Crippen molar-refractivity contribution < 1.29 is 18.0 Å². The van der Waals surface area contributed by atoms with Crippen molar-refractivity contribution in [3.8, 4) is 0 Å². The Morgan fingerprint density at radius 3 is 2.18 bits per heavy atom. The largest absolute Gasteiger partial charge is 0.350 e. The molecule has 0 spiro atoms. The van der Waals surface area contributed by atoms with E-state index in [0.29, 0.717) is 6.42 Å². The maximum Gasteiger partial charge on any atom is 0.244 e. The monoisotopic (exact) mass is 527 g/mol. The third kappa shape index (κ3) is 7.61. The van der Waals surface area contributed by atoms with Crippen LogP contribution in [0.1, 0.15) is 39.7 Å². The standard InChI is InChI=1S/C24H31Cl2N3O4S/c1-6-19(23(31)27-24(2,3)4)28(15-17-11-8-7-9-12-17)21(30)16-29(34(5,32)33)20-14-10-13-18(25)22(20)26/h7-14,19H,6,15-16H2,1-5H3,(H,27,31)/t19-/m0/s1. The molecule has 0 bridgehead atoms. The van der Waals surface area contributed by atoms with Gasteiger partial charge in [0.1, 0.15) is 12.6 Å². The molecule has 1 atom stereocenters. The normalized spacial score (nSPS) is 12.7. The van der Waals surface area contributed by atoms with Gasteiger partial charge in [0.25, 0.3) is 0 Å². The Morgan fingerprint density at radius 1 is 1.03 bits per heavy atom. The summed E-state index contributed by atoms with van der Waals surface area (Å²) in [6, 6.07) is 13.0. The lowest BCUT2D eigenvalue weighted by atomic mass is 10.1. The lowest BCUT2D eigenvalue weighted by Gasteiger charge is -2.34. The average Bonchev–Trinajstić information content (AvgIpc) is 2.72. The highest BCUT2D eigenvalue weighted by molar-refractivity contribution is 7.92. The van der Waals surface area contributed by atoms with Gasteiger partial charge in [-0.2, -0.15) is 0 Å². The molecule has 0 heterocycles. The van der Waals surface area contributed by atoms with Gasteiger partial charge in [-0.15, -0.1) is 0 Å². The van der Waals surface area contributed by atoms with Gasteiger partial charge in [-0.05, 0) is 44.9 Å². The summed E-state index contributed by atoms with van der Waals surface area (Å²) in [5.74, 6) is -0.854. The van der Waals surface area contributed by atoms with Gasteiger partial charge in [0.05, 0.1) is 22.0 Å². The van der Waals surface area contributed by atoms with Gasteiger partial charge in [0.15, 0.2) is 0 Å². The van der Waals surface area contributed by atoms with Crippen LogP contribution in [-0.2, 0) is 26.2 Å². The summed E-state index contributed by atoms with van der Waals surface area (Å²) in [5.41, 5.74) is 0.403. The van der Waals surface area contributed by atoms with Gasteiger partial charge >= 0.3 is 0 Å². The highest BCUT2D eigenvalue weighted by Crippen LogP contribution is 2.33. The minimum absolute atomic E-state index is 0.0227. The molecule has 1 N–H and O–H groups in total. The zero-order valence-electron chi connectivity index (χ0n) is 20.0. The third-order valence-corrected chi connectivity index (χ3v) is 6.89. The molecule has 0 radical (unpaired) electrons. The van der Waals surface area contributed by atoms with Crippen LogP contribution in [0.25, 0.3) is 0 Å². The van der Waals surface area contributed by atoms with E-state index in [1.165, 1.54) is 17.0 Å². The topological polar surface area (TPSA) is 86.8 Å². The van der Waals surface area contributed by atoms with Crippen molar-refractivity contribution in [2.75, 3.05) is 17.1 Å². The van der Waals surface area contributed by atoms with Crippen LogP contribution in [0.15, 0.2) is 48.5 Å². The number of nitrogens with zero attached hydrogens (tertiary/aromatic N) is 2. The van der Waals surface area contributed by atoms with Crippen molar-refractivity contribution in [1.82, 2.24) is 10.2 Å². The summed E-state index contributed by atoms with van der Waals surface area (Å²) >= 11 is 12.4. The van der Waals surface area contributed by atoms with Gasteiger partial charge in [0.2, 0.25) is 21.8 Å². The predicted molar refractivity (Wildman–Crippen MR) is 138 cm³/mol. The first kappa shape index (κ1) is 28.0. The van der Waals surface area contributed by atoms with E-state index in [9.17, 15) is 18.0 Å². The number of nitrogens with one attached hydrogen (secondary N) is 1.